The Morgan fingerprint density at radius 3 is 3.15 bits per heavy atom. The molecule has 2 rings (SSSR count). The third-order valence-corrected chi connectivity index (χ3v) is 2.09. The van der Waals surface area contributed by atoms with Crippen LogP contribution in [0.2, 0.25) is 0 Å². The van der Waals surface area contributed by atoms with E-state index < -0.39 is 0 Å². The average Bonchev–Trinajstić information content (AvgIpc) is 2.49. The summed E-state index contributed by atoms with van der Waals surface area (Å²) in [7, 11) is 0. The second-order valence-corrected chi connectivity index (χ2v) is 3.06. The van der Waals surface area contributed by atoms with Crippen LogP contribution in [0.15, 0.2) is 16.9 Å². The first-order valence-corrected chi connectivity index (χ1v) is 4.24. The third kappa shape index (κ3) is 1.86. The van der Waals surface area contributed by atoms with Gasteiger partial charge in [-0.25, -0.2) is 0 Å². The molecule has 0 atom stereocenters. The van der Waals surface area contributed by atoms with Gasteiger partial charge in [0.05, 0.1) is 12.5 Å². The maximum absolute atomic E-state index is 11.3. The Morgan fingerprint density at radius 2 is 2.62 bits per heavy atom. The van der Waals surface area contributed by atoms with Crippen LogP contribution in [-0.4, -0.2) is 24.2 Å². The normalized spacial score (nSPS) is 16.6. The summed E-state index contributed by atoms with van der Waals surface area (Å²) in [5.74, 6) is 0.216. The molecule has 0 unspecified atom stereocenters. The summed E-state index contributed by atoms with van der Waals surface area (Å²) in [5, 5.41) is 9.51. The minimum Gasteiger partial charge on any atom is -0.364 e. The fourth-order valence-electron chi connectivity index (χ4n) is 1.12. The van der Waals surface area contributed by atoms with Crippen molar-refractivity contribution < 1.29 is 9.32 Å². The Balaban J connectivity index is 1.76. The molecule has 1 aliphatic heterocycles. The van der Waals surface area contributed by atoms with Gasteiger partial charge in [-0.3, -0.25) is 4.79 Å². The van der Waals surface area contributed by atoms with Gasteiger partial charge in [0.1, 0.15) is 12.0 Å². The van der Waals surface area contributed by atoms with Crippen LogP contribution in [0, 0.1) is 5.92 Å². The molecule has 1 amide bonds. The van der Waals surface area contributed by atoms with Crippen LogP contribution in [0.3, 0.4) is 0 Å². The molecule has 0 aliphatic carbocycles. The van der Waals surface area contributed by atoms with E-state index in [2.05, 4.69) is 20.3 Å². The first-order valence-electron chi connectivity index (χ1n) is 4.24. The highest BCUT2D eigenvalue weighted by molar-refractivity contribution is 5.79. The number of hydrogen-bond acceptors (Lipinski definition) is 4. The molecule has 1 fully saturated rings. The van der Waals surface area contributed by atoms with Crippen LogP contribution in [0.5, 0.6) is 0 Å². The lowest BCUT2D eigenvalue weighted by Gasteiger charge is -2.25. The molecular weight excluding hydrogens is 170 g/mol. The zero-order valence-corrected chi connectivity index (χ0v) is 7.12. The first kappa shape index (κ1) is 8.25. The number of aromatic nitrogens is 1. The van der Waals surface area contributed by atoms with Gasteiger partial charge in [-0.2, -0.15) is 0 Å². The van der Waals surface area contributed by atoms with Crippen molar-refractivity contribution in [1.29, 1.82) is 0 Å². The summed E-state index contributed by atoms with van der Waals surface area (Å²) < 4.78 is 4.63. The Kier molecular flexibility index (Phi) is 2.27. The van der Waals surface area contributed by atoms with Crippen molar-refractivity contribution in [3.63, 3.8) is 0 Å². The van der Waals surface area contributed by atoms with Gasteiger partial charge in [0.15, 0.2) is 0 Å². The molecule has 5 heteroatoms. The molecule has 0 spiro atoms. The second kappa shape index (κ2) is 3.57. The molecule has 70 valence electrons. The molecule has 1 aromatic rings. The van der Waals surface area contributed by atoms with E-state index in [1.54, 1.807) is 6.07 Å². The summed E-state index contributed by atoms with van der Waals surface area (Å²) in [6.45, 7) is 2.02. The Morgan fingerprint density at radius 1 is 1.77 bits per heavy atom. The zero-order valence-electron chi connectivity index (χ0n) is 7.12. The van der Waals surface area contributed by atoms with Gasteiger partial charge >= 0.3 is 0 Å². The summed E-state index contributed by atoms with van der Waals surface area (Å²) >= 11 is 0. The lowest BCUT2D eigenvalue weighted by atomic mass is 10.0. The summed E-state index contributed by atoms with van der Waals surface area (Å²) in [6.07, 6.45) is 1.49. The number of hydrogen-bond donors (Lipinski definition) is 2. The topological polar surface area (TPSA) is 67.2 Å². The van der Waals surface area contributed by atoms with E-state index in [1.807, 2.05) is 0 Å². The molecule has 2 heterocycles. The number of nitrogens with one attached hydrogen (secondary N) is 2. The molecule has 1 saturated heterocycles. The van der Waals surface area contributed by atoms with Gasteiger partial charge in [0.25, 0.3) is 0 Å². The van der Waals surface area contributed by atoms with E-state index in [4.69, 9.17) is 0 Å². The molecule has 0 radical (unpaired) electrons. The van der Waals surface area contributed by atoms with E-state index in [1.165, 1.54) is 6.26 Å². The van der Waals surface area contributed by atoms with Crippen molar-refractivity contribution in [2.75, 3.05) is 13.1 Å². The van der Waals surface area contributed by atoms with Gasteiger partial charge in [-0.05, 0) is 0 Å². The number of carbonyl (C=O) groups excluding carboxylic acids is 1. The van der Waals surface area contributed by atoms with E-state index in [0.29, 0.717) is 6.54 Å². The van der Waals surface area contributed by atoms with Gasteiger partial charge in [0.2, 0.25) is 5.91 Å². The summed E-state index contributed by atoms with van der Waals surface area (Å²) in [4.78, 5) is 11.3. The largest absolute Gasteiger partial charge is 0.364 e. The summed E-state index contributed by atoms with van der Waals surface area (Å²) in [6, 6.07) is 1.74. The molecule has 1 aromatic heterocycles. The van der Waals surface area contributed by atoms with Crippen LogP contribution in [0.25, 0.3) is 0 Å². The van der Waals surface area contributed by atoms with Crippen LogP contribution in [0.4, 0.5) is 0 Å². The lowest BCUT2D eigenvalue weighted by molar-refractivity contribution is -0.126. The fourth-order valence-corrected chi connectivity index (χ4v) is 1.12. The van der Waals surface area contributed by atoms with E-state index in [0.717, 1.165) is 18.8 Å². The third-order valence-electron chi connectivity index (χ3n) is 2.09. The van der Waals surface area contributed by atoms with Gasteiger partial charge in [-0.15, -0.1) is 0 Å². The Labute approximate surface area is 75.5 Å². The van der Waals surface area contributed by atoms with Gasteiger partial charge < -0.3 is 15.2 Å². The predicted molar refractivity (Wildman–Crippen MR) is 44.7 cm³/mol. The fraction of sp³-hybridized carbons (Fsp3) is 0.500. The molecule has 5 nitrogen and oxygen atoms in total. The molecule has 13 heavy (non-hydrogen) atoms. The molecule has 0 saturated carbocycles. The predicted octanol–water partition coefficient (Wildman–Crippen LogP) is -0.490. The lowest BCUT2D eigenvalue weighted by Crippen LogP contribution is -2.50. The highest BCUT2D eigenvalue weighted by Crippen LogP contribution is 2.02. The molecule has 1 aliphatic rings. The highest BCUT2D eigenvalue weighted by atomic mass is 16.5. The van der Waals surface area contributed by atoms with Crippen molar-refractivity contribution in [2.24, 2.45) is 5.92 Å². The summed E-state index contributed by atoms with van der Waals surface area (Å²) in [5.41, 5.74) is 0.751. The number of nitrogens with zero attached hydrogens (tertiary/aromatic N) is 1. The number of amides is 1. The highest BCUT2D eigenvalue weighted by Gasteiger charge is 2.24. The number of carbonyl (C=O) groups is 1. The first-order chi connectivity index (χ1) is 6.36. The standard InChI is InChI=1S/C8H11N3O2/c12-8(6-3-9-4-6)10-5-7-1-2-13-11-7/h1-2,6,9H,3-5H2,(H,10,12). The Bertz CT molecular complexity index is 280. The monoisotopic (exact) mass is 181 g/mol. The van der Waals surface area contributed by atoms with Crippen molar-refractivity contribution in [2.45, 2.75) is 6.54 Å². The van der Waals surface area contributed by atoms with Crippen LogP contribution < -0.4 is 10.6 Å². The van der Waals surface area contributed by atoms with E-state index in [-0.39, 0.29) is 11.8 Å². The minimum atomic E-state index is 0.0850. The van der Waals surface area contributed by atoms with Gasteiger partial charge in [0, 0.05) is 19.2 Å². The van der Waals surface area contributed by atoms with Crippen molar-refractivity contribution >= 4 is 5.91 Å². The van der Waals surface area contributed by atoms with Crippen LogP contribution >= 0.6 is 0 Å². The van der Waals surface area contributed by atoms with Crippen LogP contribution in [0.1, 0.15) is 5.69 Å². The Hall–Kier alpha value is -1.36. The number of rotatable bonds is 3. The average molecular weight is 181 g/mol. The van der Waals surface area contributed by atoms with Crippen molar-refractivity contribution in [1.82, 2.24) is 15.8 Å². The second-order valence-electron chi connectivity index (χ2n) is 3.06. The smallest absolute Gasteiger partial charge is 0.226 e. The van der Waals surface area contributed by atoms with Crippen molar-refractivity contribution in [3.05, 3.63) is 18.0 Å². The minimum absolute atomic E-state index is 0.0850. The van der Waals surface area contributed by atoms with E-state index in [9.17, 15) is 4.79 Å². The molecule has 2 N–H and O–H groups in total. The molecule has 0 bridgehead atoms. The van der Waals surface area contributed by atoms with Gasteiger partial charge in [-0.1, -0.05) is 5.16 Å². The van der Waals surface area contributed by atoms with E-state index >= 15 is 0 Å². The molecular formula is C8H11N3O2. The maximum atomic E-state index is 11.3. The molecule has 0 aromatic carbocycles. The quantitative estimate of drug-likeness (QED) is 0.660. The van der Waals surface area contributed by atoms with Crippen LogP contribution in [-0.2, 0) is 11.3 Å². The zero-order chi connectivity index (χ0) is 9.10. The SMILES string of the molecule is O=C(NCc1ccon1)C1CNC1. The maximum Gasteiger partial charge on any atom is 0.226 e. The van der Waals surface area contributed by atoms with Crippen molar-refractivity contribution in [3.8, 4) is 0 Å².